The quantitative estimate of drug-likeness (QED) is 0.582. The molecule has 1 aromatic rings. The third-order valence-corrected chi connectivity index (χ3v) is 7.81. The fourth-order valence-electron chi connectivity index (χ4n) is 5.94. The average molecular weight is 391 g/mol. The Morgan fingerprint density at radius 1 is 1.22 bits per heavy atom. The molecule has 7 heteroatoms. The molecule has 0 aromatic heterocycles. The van der Waals surface area contributed by atoms with Crippen molar-refractivity contribution in [2.45, 2.75) is 29.9 Å². The van der Waals surface area contributed by atoms with E-state index in [9.17, 15) is 23.5 Å². The number of aliphatic carboxylic acids is 1. The van der Waals surface area contributed by atoms with E-state index in [-0.39, 0.29) is 28.6 Å². The van der Waals surface area contributed by atoms with Gasteiger partial charge in [0, 0.05) is 22.9 Å². The molecule has 27 heavy (non-hydrogen) atoms. The van der Waals surface area contributed by atoms with Crippen molar-refractivity contribution in [2.24, 2.45) is 34.5 Å². The number of carbonyl (C=O) groups is 2. The smallest absolute Gasteiger partial charge is 0.307 e. The van der Waals surface area contributed by atoms with Crippen LogP contribution in [0.3, 0.4) is 0 Å². The Balaban J connectivity index is 1.33. The van der Waals surface area contributed by atoms with Crippen molar-refractivity contribution in [3.63, 3.8) is 0 Å². The Hall–Kier alpha value is -1.89. The Labute approximate surface area is 159 Å². The van der Waals surface area contributed by atoms with E-state index in [1.807, 2.05) is 6.08 Å². The molecule has 4 aliphatic rings. The zero-order valence-corrected chi connectivity index (χ0v) is 15.4. The molecule has 4 aliphatic carbocycles. The molecule has 1 amide bonds. The van der Waals surface area contributed by atoms with Crippen LogP contribution in [-0.4, -0.2) is 22.2 Å². The van der Waals surface area contributed by atoms with Gasteiger partial charge in [-0.25, -0.2) is 0 Å². The van der Waals surface area contributed by atoms with Gasteiger partial charge in [-0.1, -0.05) is 23.9 Å². The summed E-state index contributed by atoms with van der Waals surface area (Å²) in [5.41, 5.74) is 0.578. The number of hydrogen-bond donors (Lipinski definition) is 2. The molecule has 5 rings (SSSR count). The van der Waals surface area contributed by atoms with Crippen LogP contribution in [0.2, 0.25) is 0 Å². The highest BCUT2D eigenvalue weighted by atomic mass is 32.2. The molecule has 4 nitrogen and oxygen atoms in total. The summed E-state index contributed by atoms with van der Waals surface area (Å²) < 4.78 is 26.1. The number of carboxylic acids is 1. The van der Waals surface area contributed by atoms with Gasteiger partial charge in [0.05, 0.1) is 11.8 Å². The van der Waals surface area contributed by atoms with Gasteiger partial charge in [-0.15, -0.1) is 0 Å². The molecule has 5 atom stereocenters. The zero-order valence-electron chi connectivity index (χ0n) is 14.6. The number of amides is 1. The lowest BCUT2D eigenvalue weighted by molar-refractivity contribution is -0.147. The summed E-state index contributed by atoms with van der Waals surface area (Å²) >= 11 is 0.447. The minimum atomic E-state index is -2.87. The number of nitrogens with one attached hydrogen (secondary N) is 1. The topological polar surface area (TPSA) is 66.4 Å². The maximum Gasteiger partial charge on any atom is 0.307 e. The van der Waals surface area contributed by atoms with Crippen molar-refractivity contribution in [2.75, 3.05) is 5.32 Å². The van der Waals surface area contributed by atoms with Gasteiger partial charge in [0.1, 0.15) is 0 Å². The van der Waals surface area contributed by atoms with E-state index in [4.69, 9.17) is 0 Å². The largest absolute Gasteiger partial charge is 0.481 e. The number of carboxylic acid groups (broad SMARTS) is 1. The first kappa shape index (κ1) is 17.2. The van der Waals surface area contributed by atoms with Gasteiger partial charge in [0.25, 0.3) is 5.25 Å². The highest BCUT2D eigenvalue weighted by Gasteiger charge is 2.92. The first-order valence-electron chi connectivity index (χ1n) is 9.10. The minimum Gasteiger partial charge on any atom is -0.481 e. The number of anilines is 1. The highest BCUT2D eigenvalue weighted by molar-refractivity contribution is 8.00. The van der Waals surface area contributed by atoms with Crippen LogP contribution in [0.25, 0.3) is 0 Å². The molecular formula is C20H19F2NO3S. The number of alkyl halides is 2. The number of benzene rings is 1. The maximum absolute atomic E-state index is 13.1. The standard InChI is InChI=1S/C20H19F2NO3S/c1-18(21,22)27-11-4-2-10(3-5-11)23-16(24)13-12-6-7-20(12)15(14(13)17(25)26)19(20)8-9-19/h2-7,12-15H,8-9H2,1H3,(H,23,24)(H,25,26). The molecule has 2 spiro atoms. The Kier molecular flexibility index (Phi) is 3.27. The molecule has 3 fully saturated rings. The van der Waals surface area contributed by atoms with E-state index >= 15 is 0 Å². The summed E-state index contributed by atoms with van der Waals surface area (Å²) in [6.07, 6.45) is 6.27. The highest BCUT2D eigenvalue weighted by Crippen LogP contribution is 2.94. The van der Waals surface area contributed by atoms with Gasteiger partial charge in [-0.3, -0.25) is 9.59 Å². The molecule has 2 N–H and O–H groups in total. The van der Waals surface area contributed by atoms with E-state index in [1.54, 1.807) is 12.1 Å². The van der Waals surface area contributed by atoms with E-state index < -0.39 is 23.1 Å². The Morgan fingerprint density at radius 3 is 2.37 bits per heavy atom. The number of allylic oxidation sites excluding steroid dienone is 2. The lowest BCUT2D eigenvalue weighted by Crippen LogP contribution is -2.40. The lowest BCUT2D eigenvalue weighted by Gasteiger charge is -2.34. The monoisotopic (exact) mass is 391 g/mol. The Morgan fingerprint density at radius 2 is 1.89 bits per heavy atom. The van der Waals surface area contributed by atoms with Gasteiger partial charge in [0.15, 0.2) is 0 Å². The summed E-state index contributed by atoms with van der Waals surface area (Å²) in [6.45, 7) is 0.833. The van der Waals surface area contributed by atoms with Gasteiger partial charge in [-0.05, 0) is 54.4 Å². The summed E-state index contributed by atoms with van der Waals surface area (Å²) in [7, 11) is 0. The second-order valence-electron chi connectivity index (χ2n) is 8.27. The molecule has 5 unspecified atom stereocenters. The first-order valence-corrected chi connectivity index (χ1v) is 9.91. The van der Waals surface area contributed by atoms with E-state index in [2.05, 4.69) is 11.4 Å². The maximum atomic E-state index is 13.1. The number of hydrogen-bond acceptors (Lipinski definition) is 3. The molecule has 1 aromatic carbocycles. The summed E-state index contributed by atoms with van der Waals surface area (Å²) in [5, 5.41) is 9.71. The van der Waals surface area contributed by atoms with Gasteiger partial charge in [0.2, 0.25) is 5.91 Å². The van der Waals surface area contributed by atoms with Crippen LogP contribution in [-0.2, 0) is 9.59 Å². The van der Waals surface area contributed by atoms with Crippen molar-refractivity contribution in [3.05, 3.63) is 36.4 Å². The molecule has 3 saturated carbocycles. The lowest BCUT2D eigenvalue weighted by atomic mass is 9.70. The van der Waals surface area contributed by atoms with Crippen molar-refractivity contribution >= 4 is 29.3 Å². The van der Waals surface area contributed by atoms with Crippen LogP contribution < -0.4 is 5.32 Å². The third-order valence-electron chi connectivity index (χ3n) is 6.95. The van der Waals surface area contributed by atoms with Gasteiger partial charge in [-0.2, -0.15) is 8.78 Å². The van der Waals surface area contributed by atoms with E-state index in [0.717, 1.165) is 19.8 Å². The zero-order chi connectivity index (χ0) is 19.2. The van der Waals surface area contributed by atoms with E-state index in [0.29, 0.717) is 22.3 Å². The number of carbonyl (C=O) groups excluding carboxylic acids is 1. The van der Waals surface area contributed by atoms with Crippen LogP contribution >= 0.6 is 11.8 Å². The van der Waals surface area contributed by atoms with Gasteiger partial charge >= 0.3 is 5.97 Å². The van der Waals surface area contributed by atoms with Crippen LogP contribution in [0.1, 0.15) is 19.8 Å². The molecule has 0 radical (unpaired) electrons. The van der Waals surface area contributed by atoms with Crippen LogP contribution in [0.5, 0.6) is 0 Å². The normalized spacial score (nSPS) is 36.6. The van der Waals surface area contributed by atoms with E-state index in [1.165, 1.54) is 12.1 Å². The van der Waals surface area contributed by atoms with Crippen LogP contribution in [0, 0.1) is 34.5 Å². The fraction of sp³-hybridized carbons (Fsp3) is 0.500. The second-order valence-corrected chi connectivity index (χ2v) is 9.66. The van der Waals surface area contributed by atoms with Crippen molar-refractivity contribution in [1.29, 1.82) is 0 Å². The van der Waals surface area contributed by atoms with Crippen molar-refractivity contribution < 1.29 is 23.5 Å². The second kappa shape index (κ2) is 5.13. The number of rotatable bonds is 5. The minimum absolute atomic E-state index is 0.000267. The fourth-order valence-corrected chi connectivity index (χ4v) is 6.62. The first-order chi connectivity index (χ1) is 12.7. The van der Waals surface area contributed by atoms with Crippen molar-refractivity contribution in [3.8, 4) is 0 Å². The third kappa shape index (κ3) is 2.21. The number of thioether (sulfide) groups is 1. The summed E-state index contributed by atoms with van der Waals surface area (Å²) in [4.78, 5) is 25.2. The molecule has 142 valence electrons. The average Bonchev–Trinajstić information content (AvgIpc) is 3.42. The van der Waals surface area contributed by atoms with Crippen LogP contribution in [0.15, 0.2) is 41.3 Å². The molecule has 0 aliphatic heterocycles. The van der Waals surface area contributed by atoms with Crippen molar-refractivity contribution in [1.82, 2.24) is 0 Å². The molecule has 0 bridgehead atoms. The number of halogens is 2. The summed E-state index contributed by atoms with van der Waals surface area (Å²) in [6, 6.07) is 6.21. The molecular weight excluding hydrogens is 372 g/mol. The Bertz CT molecular complexity index is 874. The molecule has 0 heterocycles. The SMILES string of the molecule is CC(F)(F)Sc1ccc(NC(=O)C2C(C(=O)O)C3C4(CC4)C34C=CC24)cc1. The predicted octanol–water partition coefficient (Wildman–Crippen LogP) is 4.24. The van der Waals surface area contributed by atoms with Gasteiger partial charge < -0.3 is 10.4 Å². The predicted molar refractivity (Wildman–Crippen MR) is 96.4 cm³/mol. The van der Waals surface area contributed by atoms with Crippen LogP contribution in [0.4, 0.5) is 14.5 Å². The molecule has 0 saturated heterocycles. The number of fused-ring (bicyclic) bond motifs is 1. The summed E-state index contributed by atoms with van der Waals surface area (Å²) in [5.74, 6) is -2.32.